The summed E-state index contributed by atoms with van der Waals surface area (Å²) < 4.78 is 5.29. The first-order valence-corrected chi connectivity index (χ1v) is 8.07. The van der Waals surface area contributed by atoms with Crippen molar-refractivity contribution in [3.8, 4) is 5.75 Å². The molecule has 9 heteroatoms. The molecule has 0 spiro atoms. The number of hydrazone groups is 1. The minimum Gasteiger partial charge on any atom is -0.494 e. The van der Waals surface area contributed by atoms with E-state index in [-0.39, 0.29) is 17.8 Å². The number of nitro benzene ring substituents is 1. The second-order valence-corrected chi connectivity index (χ2v) is 5.25. The van der Waals surface area contributed by atoms with Gasteiger partial charge in [-0.05, 0) is 37.3 Å². The fourth-order valence-electron chi connectivity index (χ4n) is 2.11. The molecule has 2 aromatic carbocycles. The van der Waals surface area contributed by atoms with Crippen molar-refractivity contribution >= 4 is 23.7 Å². The van der Waals surface area contributed by atoms with Crippen LogP contribution in [0.3, 0.4) is 0 Å². The van der Waals surface area contributed by atoms with Crippen LogP contribution in [0.1, 0.15) is 22.8 Å². The third-order valence-corrected chi connectivity index (χ3v) is 3.36. The highest BCUT2D eigenvalue weighted by molar-refractivity contribution is 5.96. The third kappa shape index (κ3) is 5.92. The van der Waals surface area contributed by atoms with Crippen molar-refractivity contribution in [1.82, 2.24) is 10.7 Å². The number of carbonyl (C=O) groups is 2. The molecule has 0 fully saturated rings. The van der Waals surface area contributed by atoms with Gasteiger partial charge in [0.25, 0.3) is 17.5 Å². The van der Waals surface area contributed by atoms with Crippen LogP contribution in [0, 0.1) is 10.1 Å². The molecule has 2 rings (SSSR count). The number of ether oxygens (including phenoxy) is 1. The molecular formula is C18H18N4O5. The normalized spacial score (nSPS) is 10.4. The van der Waals surface area contributed by atoms with Crippen molar-refractivity contribution < 1.29 is 19.2 Å². The molecule has 0 aliphatic carbocycles. The first kappa shape index (κ1) is 19.6. The van der Waals surface area contributed by atoms with Gasteiger partial charge in [-0.1, -0.05) is 12.1 Å². The topological polar surface area (TPSA) is 123 Å². The molecule has 0 heterocycles. The predicted octanol–water partition coefficient (Wildman–Crippen LogP) is 1.87. The average molecular weight is 370 g/mol. The Balaban J connectivity index is 1.84. The largest absolute Gasteiger partial charge is 0.494 e. The minimum absolute atomic E-state index is 0.126. The Bertz CT molecular complexity index is 849. The number of nitrogens with one attached hydrogen (secondary N) is 2. The summed E-state index contributed by atoms with van der Waals surface area (Å²) in [7, 11) is 0. The van der Waals surface area contributed by atoms with Crippen LogP contribution in [0.25, 0.3) is 0 Å². The van der Waals surface area contributed by atoms with Gasteiger partial charge < -0.3 is 10.1 Å². The van der Waals surface area contributed by atoms with Gasteiger partial charge in [0.2, 0.25) is 0 Å². The summed E-state index contributed by atoms with van der Waals surface area (Å²) in [5.41, 5.74) is 2.71. The van der Waals surface area contributed by atoms with E-state index in [1.807, 2.05) is 6.92 Å². The number of hydrogen-bond acceptors (Lipinski definition) is 6. The lowest BCUT2D eigenvalue weighted by Gasteiger charge is -2.06. The Labute approximate surface area is 155 Å². The molecule has 2 N–H and O–H groups in total. The number of nitrogens with zero attached hydrogens (tertiary/aromatic N) is 2. The van der Waals surface area contributed by atoms with Crippen molar-refractivity contribution in [3.63, 3.8) is 0 Å². The van der Waals surface area contributed by atoms with Gasteiger partial charge in [0.15, 0.2) is 0 Å². The SMILES string of the molecule is CCOc1ccc(C(=O)NCC(=O)N/N=C/c2ccccc2[N+](=O)[O-])cc1. The number of nitro groups is 1. The number of carbonyl (C=O) groups excluding carboxylic acids is 2. The molecule has 0 radical (unpaired) electrons. The highest BCUT2D eigenvalue weighted by atomic mass is 16.6. The van der Waals surface area contributed by atoms with Crippen LogP contribution in [0.4, 0.5) is 5.69 Å². The lowest BCUT2D eigenvalue weighted by Crippen LogP contribution is -2.34. The Morgan fingerprint density at radius 3 is 2.56 bits per heavy atom. The molecule has 0 saturated carbocycles. The Morgan fingerprint density at radius 1 is 1.19 bits per heavy atom. The summed E-state index contributed by atoms with van der Waals surface area (Å²) in [6.07, 6.45) is 1.17. The van der Waals surface area contributed by atoms with Crippen molar-refractivity contribution in [2.75, 3.05) is 13.2 Å². The molecule has 2 aromatic rings. The summed E-state index contributed by atoms with van der Waals surface area (Å²) in [6.45, 7) is 2.09. The molecular weight excluding hydrogens is 352 g/mol. The van der Waals surface area contributed by atoms with Crippen molar-refractivity contribution in [3.05, 3.63) is 69.8 Å². The van der Waals surface area contributed by atoms with Crippen LogP contribution < -0.4 is 15.5 Å². The molecule has 0 aliphatic heterocycles. The molecule has 0 aromatic heterocycles. The summed E-state index contributed by atoms with van der Waals surface area (Å²) in [4.78, 5) is 34.1. The highest BCUT2D eigenvalue weighted by Gasteiger charge is 2.10. The van der Waals surface area contributed by atoms with Gasteiger partial charge in [-0.25, -0.2) is 5.43 Å². The van der Waals surface area contributed by atoms with Gasteiger partial charge in [0.05, 0.1) is 29.9 Å². The van der Waals surface area contributed by atoms with E-state index in [1.165, 1.54) is 24.4 Å². The average Bonchev–Trinajstić information content (AvgIpc) is 2.67. The summed E-state index contributed by atoms with van der Waals surface area (Å²) in [5, 5.41) is 17.0. The van der Waals surface area contributed by atoms with Crippen molar-refractivity contribution in [2.24, 2.45) is 5.10 Å². The number of benzene rings is 2. The van der Waals surface area contributed by atoms with E-state index in [2.05, 4.69) is 15.8 Å². The molecule has 27 heavy (non-hydrogen) atoms. The van der Waals surface area contributed by atoms with E-state index >= 15 is 0 Å². The molecule has 0 bridgehead atoms. The smallest absolute Gasteiger partial charge is 0.278 e. The third-order valence-electron chi connectivity index (χ3n) is 3.36. The fraction of sp³-hybridized carbons (Fsp3) is 0.167. The lowest BCUT2D eigenvalue weighted by molar-refractivity contribution is -0.385. The Kier molecular flexibility index (Phi) is 7.00. The van der Waals surface area contributed by atoms with Crippen LogP contribution >= 0.6 is 0 Å². The number of para-hydroxylation sites is 1. The summed E-state index contributed by atoms with van der Waals surface area (Å²) in [5.74, 6) is -0.337. The van der Waals surface area contributed by atoms with Gasteiger partial charge in [-0.2, -0.15) is 5.10 Å². The number of amides is 2. The van der Waals surface area contributed by atoms with Gasteiger partial charge in [0, 0.05) is 11.6 Å². The molecule has 0 unspecified atom stereocenters. The second-order valence-electron chi connectivity index (χ2n) is 5.25. The monoisotopic (exact) mass is 370 g/mol. The zero-order valence-corrected chi connectivity index (χ0v) is 14.5. The maximum absolute atomic E-state index is 12.0. The van der Waals surface area contributed by atoms with E-state index in [1.54, 1.807) is 30.3 Å². The zero-order chi connectivity index (χ0) is 19.6. The van der Waals surface area contributed by atoms with E-state index in [0.717, 1.165) is 0 Å². The molecule has 140 valence electrons. The minimum atomic E-state index is -0.566. The predicted molar refractivity (Wildman–Crippen MR) is 98.8 cm³/mol. The standard InChI is InChI=1S/C18H18N4O5/c1-2-27-15-9-7-13(8-10-15)18(24)19-12-17(23)21-20-11-14-5-3-4-6-16(14)22(25)26/h3-11H,2,12H2,1H3,(H,19,24)(H,21,23)/b20-11+. The number of hydrogen-bond donors (Lipinski definition) is 2. The van der Waals surface area contributed by atoms with E-state index in [0.29, 0.717) is 17.9 Å². The van der Waals surface area contributed by atoms with E-state index in [9.17, 15) is 19.7 Å². The highest BCUT2D eigenvalue weighted by Crippen LogP contribution is 2.15. The quantitative estimate of drug-likeness (QED) is 0.417. The van der Waals surface area contributed by atoms with Gasteiger partial charge in [0.1, 0.15) is 5.75 Å². The zero-order valence-electron chi connectivity index (χ0n) is 14.5. The van der Waals surface area contributed by atoms with Gasteiger partial charge in [-0.3, -0.25) is 19.7 Å². The lowest BCUT2D eigenvalue weighted by atomic mass is 10.2. The first-order chi connectivity index (χ1) is 13.0. The van der Waals surface area contributed by atoms with Gasteiger partial charge in [-0.15, -0.1) is 0 Å². The molecule has 9 nitrogen and oxygen atoms in total. The molecule has 2 amide bonds. The molecule has 0 atom stereocenters. The van der Waals surface area contributed by atoms with Crippen molar-refractivity contribution in [1.29, 1.82) is 0 Å². The van der Waals surface area contributed by atoms with Crippen molar-refractivity contribution in [2.45, 2.75) is 6.92 Å². The Morgan fingerprint density at radius 2 is 1.89 bits per heavy atom. The first-order valence-electron chi connectivity index (χ1n) is 8.07. The van der Waals surface area contributed by atoms with E-state index in [4.69, 9.17) is 4.74 Å². The second kappa shape index (κ2) is 9.66. The van der Waals surface area contributed by atoms with Crippen LogP contribution in [-0.4, -0.2) is 36.1 Å². The van der Waals surface area contributed by atoms with Crippen LogP contribution in [0.15, 0.2) is 53.6 Å². The van der Waals surface area contributed by atoms with Crippen LogP contribution in [0.2, 0.25) is 0 Å². The maximum atomic E-state index is 12.0. The number of rotatable bonds is 8. The van der Waals surface area contributed by atoms with E-state index < -0.39 is 16.7 Å². The van der Waals surface area contributed by atoms with Crippen LogP contribution in [-0.2, 0) is 4.79 Å². The summed E-state index contributed by atoms with van der Waals surface area (Å²) >= 11 is 0. The molecule has 0 saturated heterocycles. The fourth-order valence-corrected chi connectivity index (χ4v) is 2.11. The van der Waals surface area contributed by atoms with Gasteiger partial charge >= 0.3 is 0 Å². The molecule has 0 aliphatic rings. The summed E-state index contributed by atoms with van der Waals surface area (Å²) in [6, 6.07) is 12.5. The maximum Gasteiger partial charge on any atom is 0.278 e. The van der Waals surface area contributed by atoms with Crippen LogP contribution in [0.5, 0.6) is 5.75 Å². The Hall–Kier alpha value is -3.75.